The summed E-state index contributed by atoms with van der Waals surface area (Å²) in [7, 11) is 2.07. The van der Waals surface area contributed by atoms with Gasteiger partial charge in [-0.2, -0.15) is 0 Å². The lowest BCUT2D eigenvalue weighted by Gasteiger charge is -2.40. The van der Waals surface area contributed by atoms with Crippen molar-refractivity contribution >= 4 is 5.91 Å². The minimum atomic E-state index is 0.138. The van der Waals surface area contributed by atoms with E-state index in [2.05, 4.69) is 31.1 Å². The molecule has 3 atom stereocenters. The SMILES string of the molecule is CCCNC(=O)CN(C)C1CC(CC)CCC1CN. The van der Waals surface area contributed by atoms with Gasteiger partial charge in [-0.15, -0.1) is 0 Å². The highest BCUT2D eigenvalue weighted by atomic mass is 16.2. The van der Waals surface area contributed by atoms with Crippen molar-refractivity contribution in [2.75, 3.05) is 26.7 Å². The van der Waals surface area contributed by atoms with Crippen LogP contribution in [0.25, 0.3) is 0 Å². The number of hydrogen-bond acceptors (Lipinski definition) is 3. The molecule has 3 N–H and O–H groups in total. The molecule has 1 rings (SSSR count). The standard InChI is InChI=1S/C15H31N3O/c1-4-8-17-15(19)11-18(3)14-9-12(5-2)6-7-13(14)10-16/h12-14H,4-11,16H2,1-3H3,(H,17,19). The molecule has 1 fully saturated rings. The Kier molecular flexibility index (Phi) is 7.39. The summed E-state index contributed by atoms with van der Waals surface area (Å²) in [5.74, 6) is 1.49. The van der Waals surface area contributed by atoms with Crippen LogP contribution in [0.4, 0.5) is 0 Å². The third-order valence-electron chi connectivity index (χ3n) is 4.48. The molecule has 1 aliphatic carbocycles. The molecule has 0 saturated heterocycles. The molecule has 0 aromatic carbocycles. The topological polar surface area (TPSA) is 58.4 Å². The highest BCUT2D eigenvalue weighted by Crippen LogP contribution is 2.32. The normalized spacial score (nSPS) is 27.5. The Balaban J connectivity index is 2.50. The molecule has 0 heterocycles. The Morgan fingerprint density at radius 3 is 2.68 bits per heavy atom. The molecule has 3 unspecified atom stereocenters. The van der Waals surface area contributed by atoms with Crippen molar-refractivity contribution < 1.29 is 4.79 Å². The number of nitrogens with zero attached hydrogens (tertiary/aromatic N) is 1. The van der Waals surface area contributed by atoms with E-state index in [1.807, 2.05) is 0 Å². The molecule has 4 heteroatoms. The molecular formula is C15H31N3O. The van der Waals surface area contributed by atoms with Crippen LogP contribution in [0.2, 0.25) is 0 Å². The van der Waals surface area contributed by atoms with Gasteiger partial charge in [0.25, 0.3) is 0 Å². The van der Waals surface area contributed by atoms with Crippen molar-refractivity contribution in [1.29, 1.82) is 0 Å². The Bertz CT molecular complexity index is 270. The van der Waals surface area contributed by atoms with Gasteiger partial charge in [-0.05, 0) is 44.7 Å². The molecule has 112 valence electrons. The second kappa shape index (κ2) is 8.54. The Labute approximate surface area is 118 Å². The molecule has 0 aromatic rings. The maximum Gasteiger partial charge on any atom is 0.234 e. The summed E-state index contributed by atoms with van der Waals surface area (Å²) in [6, 6.07) is 0.469. The van der Waals surface area contributed by atoms with E-state index in [-0.39, 0.29) is 5.91 Å². The minimum absolute atomic E-state index is 0.138. The third-order valence-corrected chi connectivity index (χ3v) is 4.48. The van der Waals surface area contributed by atoms with Gasteiger partial charge in [-0.1, -0.05) is 26.7 Å². The quantitative estimate of drug-likeness (QED) is 0.738. The van der Waals surface area contributed by atoms with Crippen LogP contribution in [0.5, 0.6) is 0 Å². The smallest absolute Gasteiger partial charge is 0.234 e. The largest absolute Gasteiger partial charge is 0.355 e. The maximum absolute atomic E-state index is 11.8. The summed E-state index contributed by atoms with van der Waals surface area (Å²) in [4.78, 5) is 14.0. The molecule has 0 bridgehead atoms. The zero-order chi connectivity index (χ0) is 14.3. The molecule has 0 aliphatic heterocycles. The monoisotopic (exact) mass is 269 g/mol. The fourth-order valence-corrected chi connectivity index (χ4v) is 3.14. The van der Waals surface area contributed by atoms with Gasteiger partial charge >= 0.3 is 0 Å². The molecule has 0 radical (unpaired) electrons. The van der Waals surface area contributed by atoms with Crippen LogP contribution in [0, 0.1) is 11.8 Å². The van der Waals surface area contributed by atoms with Crippen molar-refractivity contribution in [3.8, 4) is 0 Å². The number of carbonyl (C=O) groups is 1. The van der Waals surface area contributed by atoms with Crippen LogP contribution in [0.1, 0.15) is 46.0 Å². The summed E-state index contributed by atoms with van der Waals surface area (Å²) < 4.78 is 0. The summed E-state index contributed by atoms with van der Waals surface area (Å²) in [6.45, 7) is 6.34. The molecule has 1 aliphatic rings. The first kappa shape index (κ1) is 16.4. The number of likely N-dealkylation sites (N-methyl/N-ethyl adjacent to an activating group) is 1. The van der Waals surface area contributed by atoms with Crippen molar-refractivity contribution in [2.24, 2.45) is 17.6 Å². The van der Waals surface area contributed by atoms with Crippen LogP contribution < -0.4 is 11.1 Å². The first-order chi connectivity index (χ1) is 9.12. The maximum atomic E-state index is 11.8. The third kappa shape index (κ3) is 5.11. The van der Waals surface area contributed by atoms with Gasteiger partial charge in [0.15, 0.2) is 0 Å². The van der Waals surface area contributed by atoms with Crippen molar-refractivity contribution in [3.05, 3.63) is 0 Å². The lowest BCUT2D eigenvalue weighted by molar-refractivity contribution is -0.122. The van der Waals surface area contributed by atoms with E-state index in [1.54, 1.807) is 0 Å². The van der Waals surface area contributed by atoms with Crippen molar-refractivity contribution in [1.82, 2.24) is 10.2 Å². The summed E-state index contributed by atoms with van der Waals surface area (Å²) in [5, 5.41) is 2.95. The van der Waals surface area contributed by atoms with Crippen LogP contribution in [-0.4, -0.2) is 43.5 Å². The van der Waals surface area contributed by atoms with Gasteiger partial charge in [0.1, 0.15) is 0 Å². The van der Waals surface area contributed by atoms with E-state index in [0.29, 0.717) is 18.5 Å². The van der Waals surface area contributed by atoms with Crippen LogP contribution >= 0.6 is 0 Å². The second-order valence-electron chi connectivity index (χ2n) is 5.92. The second-order valence-corrected chi connectivity index (χ2v) is 5.92. The molecular weight excluding hydrogens is 238 g/mol. The number of rotatable bonds is 7. The van der Waals surface area contributed by atoms with Crippen LogP contribution in [0.15, 0.2) is 0 Å². The van der Waals surface area contributed by atoms with Crippen molar-refractivity contribution in [3.63, 3.8) is 0 Å². The first-order valence-corrected chi connectivity index (χ1v) is 7.79. The molecule has 1 amide bonds. The van der Waals surface area contributed by atoms with Gasteiger partial charge in [-0.3, -0.25) is 9.69 Å². The molecule has 4 nitrogen and oxygen atoms in total. The number of nitrogens with one attached hydrogen (secondary N) is 1. The van der Waals surface area contributed by atoms with E-state index >= 15 is 0 Å². The summed E-state index contributed by atoms with van der Waals surface area (Å²) in [6.07, 6.45) is 5.92. The molecule has 19 heavy (non-hydrogen) atoms. The zero-order valence-corrected chi connectivity index (χ0v) is 12.8. The van der Waals surface area contributed by atoms with E-state index in [9.17, 15) is 4.79 Å². The Morgan fingerprint density at radius 1 is 1.37 bits per heavy atom. The van der Waals surface area contributed by atoms with E-state index in [0.717, 1.165) is 25.4 Å². The van der Waals surface area contributed by atoms with E-state index in [4.69, 9.17) is 5.73 Å². The number of carbonyl (C=O) groups excluding carboxylic acids is 1. The average molecular weight is 269 g/mol. The summed E-state index contributed by atoms with van der Waals surface area (Å²) >= 11 is 0. The Morgan fingerprint density at radius 2 is 2.11 bits per heavy atom. The van der Waals surface area contributed by atoms with Gasteiger partial charge < -0.3 is 11.1 Å². The lowest BCUT2D eigenvalue weighted by Crippen LogP contribution is -2.48. The van der Waals surface area contributed by atoms with E-state index < -0.39 is 0 Å². The van der Waals surface area contributed by atoms with Gasteiger partial charge in [0, 0.05) is 12.6 Å². The molecule has 1 saturated carbocycles. The number of amides is 1. The summed E-state index contributed by atoms with van der Waals surface area (Å²) in [5.41, 5.74) is 5.90. The Hall–Kier alpha value is -0.610. The lowest BCUT2D eigenvalue weighted by atomic mass is 9.76. The highest BCUT2D eigenvalue weighted by molar-refractivity contribution is 5.77. The fraction of sp³-hybridized carbons (Fsp3) is 0.933. The van der Waals surface area contributed by atoms with Gasteiger partial charge in [0.2, 0.25) is 5.91 Å². The average Bonchev–Trinajstić information content (AvgIpc) is 2.44. The van der Waals surface area contributed by atoms with Gasteiger partial charge in [0.05, 0.1) is 6.54 Å². The number of nitrogens with two attached hydrogens (primary N) is 1. The van der Waals surface area contributed by atoms with Gasteiger partial charge in [-0.25, -0.2) is 0 Å². The molecule has 0 spiro atoms. The minimum Gasteiger partial charge on any atom is -0.355 e. The first-order valence-electron chi connectivity index (χ1n) is 7.79. The fourth-order valence-electron chi connectivity index (χ4n) is 3.14. The predicted molar refractivity (Wildman–Crippen MR) is 79.9 cm³/mol. The van der Waals surface area contributed by atoms with Crippen LogP contribution in [-0.2, 0) is 4.79 Å². The van der Waals surface area contributed by atoms with E-state index in [1.165, 1.54) is 25.7 Å². The number of hydrogen-bond donors (Lipinski definition) is 2. The zero-order valence-electron chi connectivity index (χ0n) is 12.8. The van der Waals surface area contributed by atoms with Crippen LogP contribution in [0.3, 0.4) is 0 Å². The van der Waals surface area contributed by atoms with Crippen molar-refractivity contribution in [2.45, 2.75) is 52.0 Å². The highest BCUT2D eigenvalue weighted by Gasteiger charge is 2.32. The molecule has 0 aromatic heterocycles. The predicted octanol–water partition coefficient (Wildman–Crippen LogP) is 1.60.